The van der Waals surface area contributed by atoms with E-state index < -0.39 is 5.97 Å². The number of pyridine rings is 4. The first-order valence-electron chi connectivity index (χ1n) is 19.0. The molecule has 5 heterocycles. The molecular weight excluding hydrogens is 864 g/mol. The molecule has 15 nitrogen and oxygen atoms in total. The number of anilines is 4. The van der Waals surface area contributed by atoms with Crippen molar-refractivity contribution in [1.82, 2.24) is 29.4 Å². The standard InChI is InChI=1S/C19H20N4O.C15H14N2O2.C8H8N2O2.C5H5BrN2/c1-22(19(24)10-8-14-7-9-18(20)21-12-14)13-16-11-15-5-3-4-6-17(15)23(16)2;16-14-8-6-12(10-17-14)7-9-15(18)19-11-13-4-2-1-3-5-13;9-7-3-1-6(5-10-7)2-4-8(11)12;6-4-1-2-5(7)8-3-4/h3-12H,13H2,1-2H3,(H2,20,21);1-10H,11H2,(H2,16,17);1-5H,(H2,9,10)(H,11,12);1-3H,(H2,7,8)/b10-8+;9-7-;4-2+;. The van der Waals surface area contributed by atoms with Gasteiger partial charge in [0.05, 0.1) is 6.54 Å². The molecule has 0 aliphatic carbocycles. The highest BCUT2D eigenvalue weighted by atomic mass is 79.9. The Labute approximate surface area is 373 Å². The summed E-state index contributed by atoms with van der Waals surface area (Å²) in [6, 6.07) is 33.7. The number of hydrogen-bond donors (Lipinski definition) is 5. The molecule has 0 saturated heterocycles. The number of nitrogen functional groups attached to an aromatic ring is 4. The molecule has 0 fully saturated rings. The van der Waals surface area contributed by atoms with Crippen LogP contribution in [0.4, 0.5) is 23.3 Å². The van der Waals surface area contributed by atoms with Crippen LogP contribution in [0, 0.1) is 0 Å². The highest BCUT2D eigenvalue weighted by Gasteiger charge is 2.11. The number of benzene rings is 2. The second kappa shape index (κ2) is 24.8. The molecule has 63 heavy (non-hydrogen) atoms. The number of likely N-dealkylation sites (N-methyl/N-ethyl adjacent to an activating group) is 1. The van der Waals surface area contributed by atoms with Crippen molar-refractivity contribution in [1.29, 1.82) is 0 Å². The van der Waals surface area contributed by atoms with Gasteiger partial charge in [-0.15, -0.1) is 0 Å². The van der Waals surface area contributed by atoms with E-state index in [1.165, 1.54) is 23.7 Å². The number of nitrogens with zero attached hydrogens (tertiary/aromatic N) is 6. The quantitative estimate of drug-likeness (QED) is 0.0663. The maximum Gasteiger partial charge on any atom is 0.331 e. The number of ether oxygens (including phenoxy) is 1. The summed E-state index contributed by atoms with van der Waals surface area (Å²) in [5.41, 5.74) is 27.2. The Morgan fingerprint density at radius 3 is 1.63 bits per heavy atom. The fraction of sp³-hybridized carbons (Fsp3) is 0.0851. The number of carboxylic acids is 1. The van der Waals surface area contributed by atoms with Crippen molar-refractivity contribution in [3.8, 4) is 0 Å². The van der Waals surface area contributed by atoms with Crippen LogP contribution >= 0.6 is 15.9 Å². The monoisotopic (exact) mass is 910 g/mol. The second-order valence-electron chi connectivity index (χ2n) is 13.3. The van der Waals surface area contributed by atoms with Gasteiger partial charge in [0, 0.05) is 72.8 Å². The highest BCUT2D eigenvalue weighted by Crippen LogP contribution is 2.19. The molecule has 0 aliphatic heterocycles. The zero-order valence-corrected chi connectivity index (χ0v) is 36.1. The van der Waals surface area contributed by atoms with E-state index in [1.54, 1.807) is 85.2 Å². The Hall–Kier alpha value is -8.11. The van der Waals surface area contributed by atoms with Gasteiger partial charge < -0.3 is 42.2 Å². The molecule has 322 valence electrons. The maximum absolute atomic E-state index is 12.3. The van der Waals surface area contributed by atoms with E-state index in [0.29, 0.717) is 35.4 Å². The third-order valence-electron chi connectivity index (χ3n) is 8.48. The van der Waals surface area contributed by atoms with Gasteiger partial charge in [-0.3, -0.25) is 4.79 Å². The lowest BCUT2D eigenvalue weighted by Crippen LogP contribution is -2.25. The van der Waals surface area contributed by atoms with E-state index in [1.807, 2.05) is 61.6 Å². The van der Waals surface area contributed by atoms with Gasteiger partial charge in [0.1, 0.15) is 29.9 Å². The number of halogens is 1. The highest BCUT2D eigenvalue weighted by molar-refractivity contribution is 9.10. The minimum atomic E-state index is -0.980. The number of aromatic nitrogens is 5. The fourth-order valence-corrected chi connectivity index (χ4v) is 5.39. The van der Waals surface area contributed by atoms with Crippen molar-refractivity contribution in [2.24, 2.45) is 7.05 Å². The molecule has 0 aliphatic rings. The minimum Gasteiger partial charge on any atom is -0.478 e. The Kier molecular flexibility index (Phi) is 18.8. The lowest BCUT2D eigenvalue weighted by molar-refractivity contribution is -0.139. The zero-order valence-electron chi connectivity index (χ0n) is 34.5. The summed E-state index contributed by atoms with van der Waals surface area (Å²) in [6.45, 7) is 0.818. The Morgan fingerprint density at radius 2 is 1.16 bits per heavy atom. The third kappa shape index (κ3) is 17.6. The predicted octanol–water partition coefficient (Wildman–Crippen LogP) is 7.44. The summed E-state index contributed by atoms with van der Waals surface area (Å²) in [6.07, 6.45) is 15.2. The van der Waals surface area contributed by atoms with Crippen molar-refractivity contribution in [2.45, 2.75) is 13.2 Å². The number of carbonyl (C=O) groups excluding carboxylic acids is 2. The van der Waals surface area contributed by atoms with Crippen LogP contribution in [-0.4, -0.2) is 59.4 Å². The number of fused-ring (bicyclic) bond motifs is 1. The van der Waals surface area contributed by atoms with Crippen LogP contribution in [0.1, 0.15) is 27.9 Å². The van der Waals surface area contributed by atoms with Crippen molar-refractivity contribution in [2.75, 3.05) is 30.0 Å². The van der Waals surface area contributed by atoms with Crippen LogP contribution in [0.25, 0.3) is 29.1 Å². The number of nitrogens with two attached hydrogens (primary N) is 4. The molecule has 2 aromatic carbocycles. The predicted molar refractivity (Wildman–Crippen MR) is 253 cm³/mol. The number of rotatable bonds is 10. The van der Waals surface area contributed by atoms with Gasteiger partial charge in [-0.2, -0.15) is 0 Å². The van der Waals surface area contributed by atoms with Crippen LogP contribution in [0.5, 0.6) is 0 Å². The lowest BCUT2D eigenvalue weighted by atomic mass is 10.2. The number of carboxylic acid groups (broad SMARTS) is 1. The summed E-state index contributed by atoms with van der Waals surface area (Å²) >= 11 is 3.23. The van der Waals surface area contributed by atoms with Crippen molar-refractivity contribution in [3.05, 3.63) is 185 Å². The Balaban J connectivity index is 0.000000198. The average molecular weight is 912 g/mol. The third-order valence-corrected chi connectivity index (χ3v) is 8.95. The normalized spacial score (nSPS) is 10.6. The molecule has 0 radical (unpaired) electrons. The number of esters is 1. The first-order chi connectivity index (χ1) is 30.2. The molecule has 0 unspecified atom stereocenters. The molecule has 0 spiro atoms. The Bertz CT molecular complexity index is 2600. The van der Waals surface area contributed by atoms with Gasteiger partial charge >= 0.3 is 11.9 Å². The summed E-state index contributed by atoms with van der Waals surface area (Å²) < 4.78 is 8.17. The van der Waals surface area contributed by atoms with Crippen molar-refractivity contribution >= 4 is 86.2 Å². The van der Waals surface area contributed by atoms with Gasteiger partial charge in [0.25, 0.3) is 0 Å². The van der Waals surface area contributed by atoms with E-state index in [4.69, 9.17) is 32.8 Å². The summed E-state index contributed by atoms with van der Waals surface area (Å²) in [4.78, 5) is 51.1. The maximum atomic E-state index is 12.3. The van der Waals surface area contributed by atoms with Crippen LogP contribution in [0.2, 0.25) is 0 Å². The summed E-state index contributed by atoms with van der Waals surface area (Å²) in [7, 11) is 3.82. The molecule has 1 amide bonds. The Morgan fingerprint density at radius 1 is 0.667 bits per heavy atom. The van der Waals surface area contributed by atoms with Gasteiger partial charge in [-0.25, -0.2) is 29.5 Å². The molecule has 0 bridgehead atoms. The van der Waals surface area contributed by atoms with E-state index in [-0.39, 0.29) is 18.5 Å². The summed E-state index contributed by atoms with van der Waals surface area (Å²) in [5, 5.41) is 9.48. The second-order valence-corrected chi connectivity index (χ2v) is 14.2. The molecular formula is C47H47BrN10O5. The minimum absolute atomic E-state index is 0.0583. The number of carbonyl (C=O) groups is 3. The van der Waals surface area contributed by atoms with Crippen LogP contribution in [0.3, 0.4) is 0 Å². The number of hydrogen-bond acceptors (Lipinski definition) is 12. The van der Waals surface area contributed by atoms with Crippen LogP contribution in [0.15, 0.2) is 157 Å². The van der Waals surface area contributed by atoms with E-state index >= 15 is 0 Å². The molecule has 0 atom stereocenters. The van der Waals surface area contributed by atoms with E-state index in [2.05, 4.69) is 58.6 Å². The average Bonchev–Trinajstić information content (AvgIpc) is 3.60. The van der Waals surface area contributed by atoms with Crippen molar-refractivity contribution in [3.63, 3.8) is 0 Å². The number of para-hydroxylation sites is 1. The lowest BCUT2D eigenvalue weighted by Gasteiger charge is -2.15. The topological polar surface area (TPSA) is 244 Å². The smallest absolute Gasteiger partial charge is 0.331 e. The first kappa shape index (κ1) is 47.6. The largest absolute Gasteiger partial charge is 0.478 e. The van der Waals surface area contributed by atoms with Crippen molar-refractivity contribution < 1.29 is 24.2 Å². The SMILES string of the molecule is CN(Cc1cc2ccccc2n1C)C(=O)/C=C/c1ccc(N)nc1.Nc1ccc(/C=C/C(=O)O)cn1.Nc1ccc(/C=C\C(=O)OCc2ccccc2)cn1.Nc1ccc(Br)cn1. The summed E-state index contributed by atoms with van der Waals surface area (Å²) in [5.74, 6) is 0.454. The molecule has 5 aromatic heterocycles. The fourth-order valence-electron chi connectivity index (χ4n) is 5.16. The van der Waals surface area contributed by atoms with Gasteiger partial charge in [-0.1, -0.05) is 48.5 Å². The first-order valence-corrected chi connectivity index (χ1v) is 19.8. The zero-order chi connectivity index (χ0) is 45.6. The molecule has 16 heteroatoms. The number of amides is 1. The molecule has 7 aromatic rings. The van der Waals surface area contributed by atoms with E-state index in [9.17, 15) is 14.4 Å². The van der Waals surface area contributed by atoms with Gasteiger partial charge in [0.2, 0.25) is 5.91 Å². The number of aliphatic carboxylic acids is 1. The van der Waals surface area contributed by atoms with E-state index in [0.717, 1.165) is 38.4 Å². The number of aryl methyl sites for hydroxylation is 1. The molecule has 9 N–H and O–H groups in total. The van der Waals surface area contributed by atoms with Gasteiger partial charge in [0.15, 0.2) is 0 Å². The van der Waals surface area contributed by atoms with Gasteiger partial charge in [-0.05, 0) is 122 Å². The molecule has 7 rings (SSSR count). The van der Waals surface area contributed by atoms with Crippen LogP contribution < -0.4 is 22.9 Å². The molecule has 0 saturated carbocycles. The van der Waals surface area contributed by atoms with Crippen LogP contribution in [-0.2, 0) is 39.3 Å².